The molecule has 11 nitrogen and oxygen atoms in total. The minimum absolute atomic E-state index is 0.0475. The number of hydrogen-bond donors (Lipinski definition) is 3. The molecule has 1 amide bonds. The first kappa shape index (κ1) is 23.0. The van der Waals surface area contributed by atoms with E-state index in [1.807, 2.05) is 0 Å². The van der Waals surface area contributed by atoms with Crippen molar-refractivity contribution < 1.29 is 32.2 Å². The van der Waals surface area contributed by atoms with Crippen molar-refractivity contribution in [2.45, 2.75) is 56.2 Å². The van der Waals surface area contributed by atoms with Gasteiger partial charge in [-0.2, -0.15) is 5.10 Å². The van der Waals surface area contributed by atoms with Gasteiger partial charge in [-0.25, -0.2) is 27.9 Å². The number of hydrogen-bond acceptors (Lipinski definition) is 8. The molecule has 3 atom stereocenters. The molecule has 4 heterocycles. The minimum Gasteiger partial charge on any atom is -0.441 e. The van der Waals surface area contributed by atoms with Crippen LogP contribution in [-0.4, -0.2) is 62.2 Å². The molecule has 0 aromatic carbocycles. The molecule has 192 valence electrons. The third kappa shape index (κ3) is 4.03. The Morgan fingerprint density at radius 1 is 1.33 bits per heavy atom. The summed E-state index contributed by atoms with van der Waals surface area (Å²) in [6.07, 6.45) is -2.72. The van der Waals surface area contributed by atoms with Crippen LogP contribution in [0.5, 0.6) is 0 Å². The molecule has 2 bridgehead atoms. The summed E-state index contributed by atoms with van der Waals surface area (Å²) < 4.78 is 59.2. The van der Waals surface area contributed by atoms with Crippen LogP contribution >= 0.6 is 0 Å². The van der Waals surface area contributed by atoms with Gasteiger partial charge in [0.1, 0.15) is 17.4 Å². The molecular formula is C22H24F3N7O4. The molecule has 4 aliphatic rings. The van der Waals surface area contributed by atoms with Gasteiger partial charge in [0.15, 0.2) is 18.1 Å². The third-order valence-electron chi connectivity index (χ3n) is 6.93. The number of anilines is 2. The number of ether oxygens (including phenoxy) is 3. The molecule has 0 radical (unpaired) electrons. The Hall–Kier alpha value is -3.39. The number of rotatable bonds is 8. The highest BCUT2D eigenvalue weighted by molar-refractivity contribution is 5.69. The lowest BCUT2D eigenvalue weighted by Gasteiger charge is -2.61. The van der Waals surface area contributed by atoms with Gasteiger partial charge in [-0.3, -0.25) is 9.50 Å². The van der Waals surface area contributed by atoms with E-state index in [-0.39, 0.29) is 36.2 Å². The van der Waals surface area contributed by atoms with E-state index in [2.05, 4.69) is 30.8 Å². The summed E-state index contributed by atoms with van der Waals surface area (Å²) in [7, 11) is 1.50. The predicted octanol–water partition coefficient (Wildman–Crippen LogP) is 3.34. The van der Waals surface area contributed by atoms with Crippen molar-refractivity contribution in [1.29, 1.82) is 0 Å². The lowest BCUT2D eigenvalue weighted by atomic mass is 9.50. The molecule has 1 saturated heterocycles. The number of carbonyl (C=O) groups is 1. The maximum absolute atomic E-state index is 15.1. The van der Waals surface area contributed by atoms with Crippen LogP contribution in [-0.2, 0) is 20.8 Å². The van der Waals surface area contributed by atoms with Gasteiger partial charge in [0, 0.05) is 31.0 Å². The number of carbonyl (C=O) groups excluding carboxylic acids is 1. The van der Waals surface area contributed by atoms with Crippen LogP contribution in [0.4, 0.5) is 29.7 Å². The average Bonchev–Trinajstić information content (AvgIpc) is 3.49. The fourth-order valence-electron chi connectivity index (χ4n) is 5.09. The number of aromatic nitrogens is 5. The summed E-state index contributed by atoms with van der Waals surface area (Å²) in [5.74, 6) is 0.937. The standard InChI is InChI=1S/C22H24F3N7O4/c1-34-8-11-7-32-16(26-11)3-13(19(24)25)27-20(32)28-15-2-12(30-31-15)18-17(23)14(9-35-18)36-21(33)29-22-4-10(5-22)6-22/h2-3,7,10,14,17-19H,4-6,8-9H2,1H3,(H,29,33)(H2,27,28,30,31)/t10?,14-,17+,18-,22?/m1/s1. The monoisotopic (exact) mass is 507 g/mol. The third-order valence-corrected chi connectivity index (χ3v) is 6.93. The van der Waals surface area contributed by atoms with Gasteiger partial charge in [0.25, 0.3) is 6.43 Å². The molecule has 14 heteroatoms. The number of fused-ring (bicyclic) bond motifs is 1. The molecule has 3 saturated carbocycles. The number of alkyl halides is 3. The van der Waals surface area contributed by atoms with Gasteiger partial charge in [-0.05, 0) is 25.2 Å². The number of methoxy groups -OCH3 is 1. The van der Waals surface area contributed by atoms with Crippen LogP contribution in [0.3, 0.4) is 0 Å². The van der Waals surface area contributed by atoms with E-state index in [9.17, 15) is 13.6 Å². The number of imidazole rings is 1. The van der Waals surface area contributed by atoms with Gasteiger partial charge in [-0.15, -0.1) is 0 Å². The van der Waals surface area contributed by atoms with Gasteiger partial charge in [0.2, 0.25) is 5.95 Å². The zero-order valence-corrected chi connectivity index (χ0v) is 19.2. The van der Waals surface area contributed by atoms with Crippen molar-refractivity contribution in [1.82, 2.24) is 29.9 Å². The summed E-state index contributed by atoms with van der Waals surface area (Å²) in [5.41, 5.74) is 0.445. The van der Waals surface area contributed by atoms with Crippen LogP contribution < -0.4 is 10.6 Å². The van der Waals surface area contributed by atoms with E-state index < -0.39 is 36.6 Å². The molecule has 3 N–H and O–H groups in total. The highest BCUT2D eigenvalue weighted by atomic mass is 19.3. The first-order valence-corrected chi connectivity index (χ1v) is 11.6. The van der Waals surface area contributed by atoms with E-state index in [0.717, 1.165) is 19.3 Å². The van der Waals surface area contributed by atoms with Crippen molar-refractivity contribution in [2.75, 3.05) is 19.0 Å². The Labute approximate surface area is 202 Å². The number of alkyl carbamates (subject to hydrolysis) is 1. The SMILES string of the molecule is COCc1cn2c(Nc3cc([C@H]4OC[C@@H](OC(=O)NC56CC(C5)C6)[C@@H]4F)[nH]n3)nc(C(F)F)cc2n1. The maximum Gasteiger partial charge on any atom is 0.408 e. The summed E-state index contributed by atoms with van der Waals surface area (Å²) >= 11 is 0. The second-order valence-electron chi connectivity index (χ2n) is 9.56. The van der Waals surface area contributed by atoms with E-state index in [0.29, 0.717) is 17.3 Å². The number of aromatic amines is 1. The first-order chi connectivity index (χ1) is 17.3. The molecule has 4 fully saturated rings. The largest absolute Gasteiger partial charge is 0.441 e. The van der Waals surface area contributed by atoms with Gasteiger partial charge in [0.05, 0.1) is 24.6 Å². The number of H-pyrrole nitrogens is 1. The van der Waals surface area contributed by atoms with Crippen LogP contribution in [0.2, 0.25) is 0 Å². The molecule has 0 unspecified atom stereocenters. The molecule has 3 aromatic rings. The van der Waals surface area contributed by atoms with Crippen molar-refractivity contribution in [3.05, 3.63) is 35.4 Å². The lowest BCUT2D eigenvalue weighted by molar-refractivity contribution is -0.0528. The zero-order valence-electron chi connectivity index (χ0n) is 19.2. The van der Waals surface area contributed by atoms with Crippen molar-refractivity contribution >= 4 is 23.5 Å². The molecular weight excluding hydrogens is 483 g/mol. The van der Waals surface area contributed by atoms with E-state index in [4.69, 9.17) is 14.2 Å². The average molecular weight is 507 g/mol. The summed E-state index contributed by atoms with van der Waals surface area (Å²) in [6.45, 7) is 0.0872. The number of halogens is 3. The Morgan fingerprint density at radius 2 is 2.14 bits per heavy atom. The number of amides is 1. The number of nitrogens with zero attached hydrogens (tertiary/aromatic N) is 4. The van der Waals surface area contributed by atoms with Gasteiger partial charge >= 0.3 is 6.09 Å². The highest BCUT2D eigenvalue weighted by Crippen LogP contribution is 2.57. The predicted molar refractivity (Wildman–Crippen MR) is 118 cm³/mol. The summed E-state index contributed by atoms with van der Waals surface area (Å²) in [4.78, 5) is 20.4. The molecule has 0 spiro atoms. The molecule has 3 aromatic heterocycles. The van der Waals surface area contributed by atoms with Crippen LogP contribution in [0, 0.1) is 5.92 Å². The molecule has 3 aliphatic carbocycles. The van der Waals surface area contributed by atoms with Gasteiger partial charge < -0.3 is 24.8 Å². The summed E-state index contributed by atoms with van der Waals surface area (Å²) in [5, 5.41) is 12.5. The second-order valence-corrected chi connectivity index (χ2v) is 9.56. The molecule has 1 aliphatic heterocycles. The van der Waals surface area contributed by atoms with Crippen molar-refractivity contribution in [2.24, 2.45) is 5.92 Å². The summed E-state index contributed by atoms with van der Waals surface area (Å²) in [6, 6.07) is 2.67. The van der Waals surface area contributed by atoms with Crippen LogP contribution in [0.15, 0.2) is 18.3 Å². The van der Waals surface area contributed by atoms with E-state index >= 15 is 4.39 Å². The minimum atomic E-state index is -2.81. The normalized spacial score (nSPS) is 28.7. The Bertz CT molecular complexity index is 1280. The maximum atomic E-state index is 15.1. The van der Waals surface area contributed by atoms with Crippen LogP contribution in [0.25, 0.3) is 5.65 Å². The lowest BCUT2D eigenvalue weighted by Crippen LogP contribution is -2.68. The van der Waals surface area contributed by atoms with Gasteiger partial charge in [-0.1, -0.05) is 0 Å². The van der Waals surface area contributed by atoms with Crippen molar-refractivity contribution in [3.8, 4) is 0 Å². The topological polar surface area (TPSA) is 128 Å². The molecule has 36 heavy (non-hydrogen) atoms. The highest BCUT2D eigenvalue weighted by Gasteiger charge is 2.58. The fraction of sp³-hybridized carbons (Fsp3) is 0.545. The van der Waals surface area contributed by atoms with E-state index in [1.54, 1.807) is 6.20 Å². The quantitative estimate of drug-likeness (QED) is 0.424. The fourth-order valence-corrected chi connectivity index (χ4v) is 5.09. The van der Waals surface area contributed by atoms with Crippen LogP contribution in [0.1, 0.15) is 48.9 Å². The first-order valence-electron chi connectivity index (χ1n) is 11.6. The Kier molecular flexibility index (Phi) is 5.52. The molecule has 7 rings (SSSR count). The Balaban J connectivity index is 1.15. The number of nitrogens with one attached hydrogen (secondary N) is 3. The smallest absolute Gasteiger partial charge is 0.408 e. The van der Waals surface area contributed by atoms with E-state index in [1.165, 1.54) is 23.6 Å². The second kappa shape index (κ2) is 8.62. The van der Waals surface area contributed by atoms with Crippen molar-refractivity contribution in [3.63, 3.8) is 0 Å². The zero-order chi connectivity index (χ0) is 25.0. The Morgan fingerprint density at radius 3 is 2.83 bits per heavy atom.